The summed E-state index contributed by atoms with van der Waals surface area (Å²) in [4.78, 5) is 27.2. The summed E-state index contributed by atoms with van der Waals surface area (Å²) in [5.41, 5.74) is 0.523. The second kappa shape index (κ2) is 10.1. The molecule has 0 fully saturated rings. The Bertz CT molecular complexity index is 850. The van der Waals surface area contributed by atoms with Crippen LogP contribution in [0.5, 0.6) is 5.75 Å². The molecule has 156 valence electrons. The van der Waals surface area contributed by atoms with Crippen molar-refractivity contribution in [3.05, 3.63) is 63.6 Å². The molecule has 0 aliphatic heterocycles. The average Bonchev–Trinajstić information content (AvgIpc) is 2.64. The van der Waals surface area contributed by atoms with E-state index < -0.39 is 11.6 Å². The lowest BCUT2D eigenvalue weighted by atomic mass is 10.1. The molecule has 2 rings (SSSR count). The number of halogens is 2. The van der Waals surface area contributed by atoms with E-state index >= 15 is 0 Å². The van der Waals surface area contributed by atoms with Crippen molar-refractivity contribution in [1.29, 1.82) is 0 Å². The Morgan fingerprint density at radius 3 is 2.41 bits per heavy atom. The fraction of sp³-hybridized carbons (Fsp3) is 0.364. The summed E-state index contributed by atoms with van der Waals surface area (Å²) >= 11 is 9.37. The van der Waals surface area contributed by atoms with Gasteiger partial charge in [0.1, 0.15) is 11.8 Å². The average molecular weight is 482 g/mol. The molecule has 29 heavy (non-hydrogen) atoms. The monoisotopic (exact) mass is 480 g/mol. The minimum Gasteiger partial charge on any atom is -0.484 e. The molecule has 0 aromatic heterocycles. The molecule has 2 amide bonds. The lowest BCUT2D eigenvalue weighted by Gasteiger charge is -2.31. The Morgan fingerprint density at radius 2 is 1.83 bits per heavy atom. The van der Waals surface area contributed by atoms with Gasteiger partial charge >= 0.3 is 0 Å². The molecule has 0 radical (unpaired) electrons. The Balaban J connectivity index is 2.16. The maximum atomic E-state index is 13.0. The van der Waals surface area contributed by atoms with Crippen LogP contribution in [0, 0.1) is 0 Å². The molecule has 1 N–H and O–H groups in total. The van der Waals surface area contributed by atoms with E-state index in [9.17, 15) is 9.59 Å². The van der Waals surface area contributed by atoms with Gasteiger partial charge in [0.2, 0.25) is 5.91 Å². The Labute approximate surface area is 185 Å². The SMILES string of the molecule is C[C@@H](C(=O)NC(C)(C)C)N(Cc1ccc(Br)cc1)C(=O)COc1cccc(Cl)c1. The topological polar surface area (TPSA) is 58.6 Å². The van der Waals surface area contributed by atoms with Crippen LogP contribution < -0.4 is 10.1 Å². The molecule has 0 saturated heterocycles. The summed E-state index contributed by atoms with van der Waals surface area (Å²) in [6, 6.07) is 13.8. The lowest BCUT2D eigenvalue weighted by Crippen LogP contribution is -2.53. The standard InChI is InChI=1S/C22H26BrClN2O3/c1-15(21(28)25-22(2,3)4)26(13-16-8-10-17(23)11-9-16)20(27)14-29-19-7-5-6-18(24)12-19/h5-12,15H,13-14H2,1-4H3,(H,25,28)/t15-/m0/s1. The van der Waals surface area contributed by atoms with Gasteiger partial charge < -0.3 is 15.0 Å². The fourth-order valence-electron chi connectivity index (χ4n) is 2.63. The Morgan fingerprint density at radius 1 is 1.17 bits per heavy atom. The van der Waals surface area contributed by atoms with Crippen molar-refractivity contribution in [3.8, 4) is 5.75 Å². The molecular weight excluding hydrogens is 456 g/mol. The first-order chi connectivity index (χ1) is 13.5. The van der Waals surface area contributed by atoms with Crippen LogP contribution in [-0.2, 0) is 16.1 Å². The van der Waals surface area contributed by atoms with E-state index in [1.165, 1.54) is 4.90 Å². The first-order valence-corrected chi connectivity index (χ1v) is 10.5. The van der Waals surface area contributed by atoms with E-state index in [1.54, 1.807) is 31.2 Å². The first-order valence-electron chi connectivity index (χ1n) is 9.29. The molecule has 0 aliphatic rings. The van der Waals surface area contributed by atoms with E-state index in [4.69, 9.17) is 16.3 Å². The van der Waals surface area contributed by atoms with Crippen molar-refractivity contribution in [1.82, 2.24) is 10.2 Å². The number of rotatable bonds is 7. The van der Waals surface area contributed by atoms with Crippen LogP contribution in [0.1, 0.15) is 33.3 Å². The highest BCUT2D eigenvalue weighted by atomic mass is 79.9. The molecule has 0 heterocycles. The predicted octanol–water partition coefficient (Wildman–Crippen LogP) is 4.81. The van der Waals surface area contributed by atoms with Crippen molar-refractivity contribution in [3.63, 3.8) is 0 Å². The van der Waals surface area contributed by atoms with Gasteiger partial charge in [0.05, 0.1) is 0 Å². The summed E-state index contributed by atoms with van der Waals surface area (Å²) in [6.07, 6.45) is 0. The van der Waals surface area contributed by atoms with Gasteiger partial charge in [0.25, 0.3) is 5.91 Å². The smallest absolute Gasteiger partial charge is 0.261 e. The van der Waals surface area contributed by atoms with Crippen molar-refractivity contribution in [2.24, 2.45) is 0 Å². The zero-order chi connectivity index (χ0) is 21.6. The van der Waals surface area contributed by atoms with Crippen LogP contribution in [0.25, 0.3) is 0 Å². The molecule has 0 unspecified atom stereocenters. The van der Waals surface area contributed by atoms with E-state index in [0.29, 0.717) is 17.3 Å². The second-order valence-electron chi connectivity index (χ2n) is 7.81. The molecule has 0 spiro atoms. The number of hydrogen-bond acceptors (Lipinski definition) is 3. The van der Waals surface area contributed by atoms with E-state index in [0.717, 1.165) is 10.0 Å². The number of hydrogen-bond donors (Lipinski definition) is 1. The highest BCUT2D eigenvalue weighted by Crippen LogP contribution is 2.18. The number of carbonyl (C=O) groups is 2. The van der Waals surface area contributed by atoms with Crippen LogP contribution in [0.4, 0.5) is 0 Å². The number of benzene rings is 2. The number of nitrogens with zero attached hydrogens (tertiary/aromatic N) is 1. The van der Waals surface area contributed by atoms with Gasteiger partial charge in [-0.25, -0.2) is 0 Å². The van der Waals surface area contributed by atoms with Gasteiger partial charge in [-0.05, 0) is 63.6 Å². The zero-order valence-corrected chi connectivity index (χ0v) is 19.4. The molecule has 1 atom stereocenters. The van der Waals surface area contributed by atoms with Crippen molar-refractivity contribution in [2.75, 3.05) is 6.61 Å². The normalized spacial score (nSPS) is 12.2. The van der Waals surface area contributed by atoms with Gasteiger partial charge in [-0.15, -0.1) is 0 Å². The van der Waals surface area contributed by atoms with Gasteiger partial charge in [-0.2, -0.15) is 0 Å². The third kappa shape index (κ3) is 7.71. The Hall–Kier alpha value is -2.05. The van der Waals surface area contributed by atoms with Crippen molar-refractivity contribution in [2.45, 2.75) is 45.8 Å². The zero-order valence-electron chi connectivity index (χ0n) is 17.0. The molecule has 5 nitrogen and oxygen atoms in total. The number of amides is 2. The highest BCUT2D eigenvalue weighted by molar-refractivity contribution is 9.10. The summed E-state index contributed by atoms with van der Waals surface area (Å²) in [5, 5.41) is 3.46. The lowest BCUT2D eigenvalue weighted by molar-refractivity contribution is -0.142. The van der Waals surface area contributed by atoms with Crippen LogP contribution in [-0.4, -0.2) is 34.9 Å². The summed E-state index contributed by atoms with van der Waals surface area (Å²) in [6.45, 7) is 7.53. The molecular formula is C22H26BrClN2O3. The third-order valence-electron chi connectivity index (χ3n) is 4.09. The maximum Gasteiger partial charge on any atom is 0.261 e. The second-order valence-corrected chi connectivity index (χ2v) is 9.16. The van der Waals surface area contributed by atoms with Gasteiger partial charge in [-0.1, -0.05) is 45.7 Å². The minimum atomic E-state index is -0.659. The maximum absolute atomic E-state index is 13.0. The summed E-state index contributed by atoms with van der Waals surface area (Å²) in [7, 11) is 0. The largest absolute Gasteiger partial charge is 0.484 e. The quantitative estimate of drug-likeness (QED) is 0.617. The molecule has 0 bridgehead atoms. The van der Waals surface area contributed by atoms with Gasteiger partial charge in [0.15, 0.2) is 6.61 Å². The van der Waals surface area contributed by atoms with Crippen molar-refractivity contribution >= 4 is 39.3 Å². The van der Waals surface area contributed by atoms with Gasteiger partial charge in [-0.3, -0.25) is 9.59 Å². The van der Waals surface area contributed by atoms with Crippen LogP contribution >= 0.6 is 27.5 Å². The third-order valence-corrected chi connectivity index (χ3v) is 4.85. The van der Waals surface area contributed by atoms with Crippen LogP contribution in [0.2, 0.25) is 5.02 Å². The van der Waals surface area contributed by atoms with Gasteiger partial charge in [0, 0.05) is 21.6 Å². The molecule has 0 saturated carbocycles. The van der Waals surface area contributed by atoms with E-state index in [1.807, 2.05) is 45.0 Å². The number of ether oxygens (including phenoxy) is 1. The molecule has 0 aliphatic carbocycles. The molecule has 2 aromatic carbocycles. The Kier molecular flexibility index (Phi) is 8.11. The highest BCUT2D eigenvalue weighted by Gasteiger charge is 2.28. The minimum absolute atomic E-state index is 0.190. The van der Waals surface area contributed by atoms with Crippen LogP contribution in [0.3, 0.4) is 0 Å². The van der Waals surface area contributed by atoms with Crippen molar-refractivity contribution < 1.29 is 14.3 Å². The first kappa shape index (κ1) is 23.2. The van der Waals surface area contributed by atoms with E-state index in [-0.39, 0.29) is 18.4 Å². The predicted molar refractivity (Wildman–Crippen MR) is 119 cm³/mol. The van der Waals surface area contributed by atoms with E-state index in [2.05, 4.69) is 21.2 Å². The van der Waals surface area contributed by atoms with Crippen LogP contribution in [0.15, 0.2) is 53.0 Å². The molecule has 2 aromatic rings. The molecule has 7 heteroatoms. The number of nitrogens with one attached hydrogen (secondary N) is 1. The summed E-state index contributed by atoms with van der Waals surface area (Å²) < 4.78 is 6.55. The number of carbonyl (C=O) groups excluding carboxylic acids is 2. The fourth-order valence-corrected chi connectivity index (χ4v) is 3.07. The summed E-state index contributed by atoms with van der Waals surface area (Å²) in [5.74, 6) is -0.00333.